The Morgan fingerprint density at radius 3 is 2.66 bits per heavy atom. The van der Waals surface area contributed by atoms with Gasteiger partial charge in [-0.3, -0.25) is 4.79 Å². The predicted molar refractivity (Wildman–Crippen MR) is 128 cm³/mol. The number of hydrogen-bond donors (Lipinski definition) is 3. The third kappa shape index (κ3) is 4.05. The van der Waals surface area contributed by atoms with Crippen molar-refractivity contribution < 1.29 is 14.6 Å². The quantitative estimate of drug-likeness (QED) is 0.510. The molecule has 0 saturated heterocycles. The lowest BCUT2D eigenvalue weighted by atomic mass is 9.43. The molecule has 5 heteroatoms. The highest BCUT2D eigenvalue weighted by molar-refractivity contribution is 5.69. The van der Waals surface area contributed by atoms with Gasteiger partial charge in [0.05, 0.1) is 13.2 Å². The van der Waals surface area contributed by atoms with Crippen LogP contribution in [0.25, 0.3) is 0 Å². The van der Waals surface area contributed by atoms with E-state index >= 15 is 0 Å². The fraction of sp³-hybridized carbons (Fsp3) is 0.963. The third-order valence-electron chi connectivity index (χ3n) is 11.1. The smallest absolute Gasteiger partial charge is 0.305 e. The number of ether oxygens (including phenoxy) is 1. The summed E-state index contributed by atoms with van der Waals surface area (Å²) >= 11 is 0. The number of carbonyl (C=O) groups excluding carboxylic acids is 1. The Morgan fingerprint density at radius 2 is 1.94 bits per heavy atom. The van der Waals surface area contributed by atoms with Crippen LogP contribution in [0.5, 0.6) is 0 Å². The summed E-state index contributed by atoms with van der Waals surface area (Å²) in [5.74, 6) is 3.68. The molecule has 4 fully saturated rings. The molecule has 0 radical (unpaired) electrons. The number of nitrogens with one attached hydrogen (secondary N) is 1. The standard InChI is InChI=1S/C27H48N2O3/c1-17(5-10-25(31)32-4)21-8-9-22-20-7-6-18-15-19(29-14-13-28)11-12-26(18,2)23(20)16-24(30)27(21,22)3/h17-24,29-30H,5-16,28H2,1-4H3/t17?,18-,19-,20?,21-,22?,23?,24+,26+,27-/m1/s1. The van der Waals surface area contributed by atoms with Gasteiger partial charge in [-0.25, -0.2) is 0 Å². The second-order valence-electron chi connectivity index (χ2n) is 12.3. The van der Waals surface area contributed by atoms with E-state index in [1.54, 1.807) is 0 Å². The third-order valence-corrected chi connectivity index (χ3v) is 11.1. The molecule has 4 rings (SSSR count). The molecule has 0 heterocycles. The van der Waals surface area contributed by atoms with Gasteiger partial charge in [-0.2, -0.15) is 0 Å². The van der Waals surface area contributed by atoms with E-state index < -0.39 is 0 Å². The normalized spacial score (nSPS) is 46.6. The van der Waals surface area contributed by atoms with Crippen LogP contribution in [-0.2, 0) is 9.53 Å². The summed E-state index contributed by atoms with van der Waals surface area (Å²) in [6.07, 6.45) is 11.1. The van der Waals surface area contributed by atoms with Gasteiger partial charge in [0.15, 0.2) is 0 Å². The maximum absolute atomic E-state index is 11.7. The van der Waals surface area contributed by atoms with Gasteiger partial charge < -0.3 is 20.9 Å². The fourth-order valence-electron chi connectivity index (χ4n) is 9.30. The van der Waals surface area contributed by atoms with Crippen molar-refractivity contribution >= 4 is 5.97 Å². The van der Waals surface area contributed by atoms with Crippen LogP contribution in [0.2, 0.25) is 0 Å². The summed E-state index contributed by atoms with van der Waals surface area (Å²) < 4.78 is 4.88. The van der Waals surface area contributed by atoms with Crippen molar-refractivity contribution in [1.29, 1.82) is 0 Å². The Labute approximate surface area is 195 Å². The molecule has 4 aliphatic rings. The molecule has 0 aromatic heterocycles. The van der Waals surface area contributed by atoms with Crippen LogP contribution in [0.4, 0.5) is 0 Å². The van der Waals surface area contributed by atoms with E-state index in [1.165, 1.54) is 52.1 Å². The first-order valence-corrected chi connectivity index (χ1v) is 13.4. The van der Waals surface area contributed by atoms with Gasteiger partial charge >= 0.3 is 5.97 Å². The van der Waals surface area contributed by atoms with Gasteiger partial charge in [-0.1, -0.05) is 20.8 Å². The van der Waals surface area contributed by atoms with Crippen LogP contribution >= 0.6 is 0 Å². The Morgan fingerprint density at radius 1 is 1.16 bits per heavy atom. The highest BCUT2D eigenvalue weighted by atomic mass is 16.5. The highest BCUT2D eigenvalue weighted by Crippen LogP contribution is 2.68. The van der Waals surface area contributed by atoms with Gasteiger partial charge in [0.1, 0.15) is 0 Å². The number of hydrogen-bond acceptors (Lipinski definition) is 5. The lowest BCUT2D eigenvalue weighted by molar-refractivity contribution is -0.170. The van der Waals surface area contributed by atoms with Crippen molar-refractivity contribution in [3.8, 4) is 0 Å². The molecule has 0 bridgehead atoms. The van der Waals surface area contributed by atoms with Crippen LogP contribution in [0.3, 0.4) is 0 Å². The summed E-state index contributed by atoms with van der Waals surface area (Å²) in [4.78, 5) is 11.7. The summed E-state index contributed by atoms with van der Waals surface area (Å²) in [7, 11) is 1.48. The van der Waals surface area contributed by atoms with E-state index in [0.29, 0.717) is 41.5 Å². The van der Waals surface area contributed by atoms with Gasteiger partial charge in [0, 0.05) is 25.6 Å². The summed E-state index contributed by atoms with van der Waals surface area (Å²) in [6, 6.07) is 0.624. The first-order valence-electron chi connectivity index (χ1n) is 13.4. The minimum absolute atomic E-state index is 0.000215. The second kappa shape index (κ2) is 9.54. The molecule has 0 aromatic rings. The zero-order valence-electron chi connectivity index (χ0n) is 20.9. The Balaban J connectivity index is 1.48. The van der Waals surface area contributed by atoms with Crippen molar-refractivity contribution in [3.05, 3.63) is 0 Å². The van der Waals surface area contributed by atoms with Crippen molar-refractivity contribution in [2.45, 2.75) is 97.1 Å². The zero-order valence-corrected chi connectivity index (χ0v) is 20.9. The van der Waals surface area contributed by atoms with Gasteiger partial charge in [0.2, 0.25) is 0 Å². The Kier molecular flexibility index (Phi) is 7.30. The fourth-order valence-corrected chi connectivity index (χ4v) is 9.30. The molecule has 0 spiro atoms. The first-order chi connectivity index (χ1) is 15.3. The number of aliphatic hydroxyl groups is 1. The highest BCUT2D eigenvalue weighted by Gasteiger charge is 2.63. The van der Waals surface area contributed by atoms with Crippen LogP contribution in [0.15, 0.2) is 0 Å². The van der Waals surface area contributed by atoms with Crippen molar-refractivity contribution in [2.75, 3.05) is 20.2 Å². The largest absolute Gasteiger partial charge is 0.469 e. The maximum Gasteiger partial charge on any atom is 0.305 e. The lowest BCUT2D eigenvalue weighted by Gasteiger charge is -2.62. The molecule has 184 valence electrons. The van der Waals surface area contributed by atoms with E-state index in [-0.39, 0.29) is 17.5 Å². The molecule has 10 atom stereocenters. The molecule has 4 aliphatic carbocycles. The lowest BCUT2D eigenvalue weighted by Crippen LogP contribution is -2.59. The molecule has 4 N–H and O–H groups in total. The summed E-state index contributed by atoms with van der Waals surface area (Å²) in [5, 5.41) is 15.4. The molecule has 0 aromatic carbocycles. The number of fused-ring (bicyclic) bond motifs is 5. The number of nitrogens with two attached hydrogens (primary N) is 1. The number of aliphatic hydroxyl groups excluding tert-OH is 1. The minimum Gasteiger partial charge on any atom is -0.469 e. The van der Waals surface area contributed by atoms with Crippen molar-refractivity contribution in [3.63, 3.8) is 0 Å². The molecular weight excluding hydrogens is 400 g/mol. The maximum atomic E-state index is 11.7. The average molecular weight is 449 g/mol. The monoisotopic (exact) mass is 448 g/mol. The van der Waals surface area contributed by atoms with Crippen LogP contribution < -0.4 is 11.1 Å². The van der Waals surface area contributed by atoms with E-state index in [0.717, 1.165) is 37.8 Å². The molecule has 4 unspecified atom stereocenters. The van der Waals surface area contributed by atoms with Crippen LogP contribution in [0.1, 0.15) is 85.0 Å². The Bertz CT molecular complexity index is 671. The number of rotatable bonds is 7. The van der Waals surface area contributed by atoms with E-state index in [2.05, 4.69) is 26.1 Å². The van der Waals surface area contributed by atoms with E-state index in [4.69, 9.17) is 10.5 Å². The van der Waals surface area contributed by atoms with Crippen LogP contribution in [0, 0.1) is 46.3 Å². The minimum atomic E-state index is -0.217. The van der Waals surface area contributed by atoms with Crippen LogP contribution in [-0.4, -0.2) is 43.4 Å². The molecule has 4 saturated carbocycles. The van der Waals surface area contributed by atoms with Gasteiger partial charge in [-0.05, 0) is 104 Å². The molecule has 32 heavy (non-hydrogen) atoms. The Hall–Kier alpha value is -0.650. The number of carbonyl (C=O) groups is 1. The predicted octanol–water partition coefficient (Wildman–Crippen LogP) is 4.12. The zero-order chi connectivity index (χ0) is 23.1. The first kappa shape index (κ1) is 24.5. The SMILES string of the molecule is COC(=O)CCC(C)[C@H]1CCC2C3CC[C@@H]4C[C@H](NCCN)CC[C@]4(C)C3C[C@H](O)[C@@]21C. The topological polar surface area (TPSA) is 84.6 Å². The van der Waals surface area contributed by atoms with Crippen molar-refractivity contribution in [2.24, 2.45) is 52.1 Å². The summed E-state index contributed by atoms with van der Waals surface area (Å²) in [5.41, 5.74) is 6.10. The molecule has 0 aliphatic heterocycles. The van der Waals surface area contributed by atoms with Gasteiger partial charge in [0.25, 0.3) is 0 Å². The van der Waals surface area contributed by atoms with E-state index in [1.807, 2.05) is 0 Å². The van der Waals surface area contributed by atoms with Gasteiger partial charge in [-0.15, -0.1) is 0 Å². The average Bonchev–Trinajstić information content (AvgIpc) is 3.15. The summed E-state index contributed by atoms with van der Waals surface area (Å²) in [6.45, 7) is 8.90. The molecule has 5 nitrogen and oxygen atoms in total. The van der Waals surface area contributed by atoms with E-state index in [9.17, 15) is 9.90 Å². The second-order valence-corrected chi connectivity index (χ2v) is 12.3. The number of esters is 1. The molecule has 0 amide bonds. The van der Waals surface area contributed by atoms with Crippen molar-refractivity contribution in [1.82, 2.24) is 5.32 Å². The molecular formula is C27H48N2O3. The number of methoxy groups -OCH3 is 1.